The minimum atomic E-state index is -6.82. The summed E-state index contributed by atoms with van der Waals surface area (Å²) in [6.45, 7) is -3.75. The van der Waals surface area contributed by atoms with Crippen LogP contribution in [-0.4, -0.2) is 97.8 Å². The van der Waals surface area contributed by atoms with Crippen molar-refractivity contribution >= 4 is 10.4 Å². The lowest BCUT2D eigenvalue weighted by Gasteiger charge is -2.34. The molecule has 0 aromatic carbocycles. The number of hydrogen-bond donors (Lipinski definition) is 0. The molecule has 0 N–H and O–H groups in total. The molecule has 1 aliphatic rings. The molecule has 1 heterocycles. The monoisotopic (exact) mass is 641 g/mol. The first kappa shape index (κ1) is 37.0. The Kier molecular flexibility index (Phi) is 10.9. The van der Waals surface area contributed by atoms with Gasteiger partial charge in [0.25, 0.3) is 0 Å². The first-order valence-corrected chi connectivity index (χ1v) is 10.6. The summed E-state index contributed by atoms with van der Waals surface area (Å²) in [5.74, 6) is -37.9. The average molecular weight is 641 g/mol. The van der Waals surface area contributed by atoms with Crippen LogP contribution in [0.2, 0.25) is 0 Å². The van der Waals surface area contributed by atoms with Crippen molar-refractivity contribution in [1.82, 2.24) is 9.80 Å². The summed E-state index contributed by atoms with van der Waals surface area (Å²) < 4.78 is 242. The van der Waals surface area contributed by atoms with E-state index >= 15 is 0 Å². The van der Waals surface area contributed by atoms with Crippen molar-refractivity contribution in [1.29, 1.82) is 0 Å². The van der Waals surface area contributed by atoms with Crippen molar-refractivity contribution in [2.24, 2.45) is 0 Å². The Morgan fingerprint density at radius 2 is 1.26 bits per heavy atom. The molecule has 24 heteroatoms. The van der Waals surface area contributed by atoms with Crippen molar-refractivity contribution < 1.29 is 91.8 Å². The highest BCUT2D eigenvalue weighted by molar-refractivity contribution is 7.80. The maximum Gasteiger partial charge on any atom is 0.460 e. The highest BCUT2D eigenvalue weighted by Gasteiger charge is 2.81. The van der Waals surface area contributed by atoms with Crippen LogP contribution in [0.3, 0.4) is 0 Å². The van der Waals surface area contributed by atoms with E-state index in [1.54, 1.807) is 0 Å². The molecule has 0 amide bonds. The van der Waals surface area contributed by atoms with Gasteiger partial charge in [-0.15, -0.1) is 0 Å². The van der Waals surface area contributed by atoms with Crippen molar-refractivity contribution in [2.45, 2.75) is 54.6 Å². The topological polar surface area (TPSA) is 72.9 Å². The van der Waals surface area contributed by atoms with Gasteiger partial charge in [-0.2, -0.15) is 65.9 Å². The smallest absolute Gasteiger partial charge is 0.460 e. The lowest BCUT2D eigenvalue weighted by atomic mass is 10.0. The van der Waals surface area contributed by atoms with Gasteiger partial charge in [-0.1, -0.05) is 0 Å². The van der Waals surface area contributed by atoms with Crippen LogP contribution in [0, 0.1) is 0 Å². The molecule has 0 spiro atoms. The average Bonchev–Trinajstić information content (AvgIpc) is 3.14. The second-order valence-electron chi connectivity index (χ2n) is 7.48. The summed E-state index contributed by atoms with van der Waals surface area (Å²) in [6.07, 6.45) is -11.1. The van der Waals surface area contributed by atoms with E-state index in [4.69, 9.17) is 0 Å². The summed E-state index contributed by atoms with van der Waals surface area (Å²) >= 11 is 0. The summed E-state index contributed by atoms with van der Waals surface area (Å²) in [5.41, 5.74) is 0. The lowest BCUT2D eigenvalue weighted by Crippen LogP contribution is -2.61. The van der Waals surface area contributed by atoms with Gasteiger partial charge in [0.15, 0.2) is 0 Å². The van der Waals surface area contributed by atoms with Crippen LogP contribution < -0.4 is 0 Å². The van der Waals surface area contributed by atoms with Crippen molar-refractivity contribution in [3.8, 4) is 0 Å². The number of alkyl halides is 17. The minimum absolute atomic E-state index is 0.0390. The van der Waals surface area contributed by atoms with Crippen LogP contribution in [0.5, 0.6) is 0 Å². The number of rotatable bonds is 11. The minimum Gasteiger partial charge on any atom is -0.726 e. The van der Waals surface area contributed by atoms with E-state index in [-0.39, 0.29) is 6.67 Å². The summed E-state index contributed by atoms with van der Waals surface area (Å²) in [7, 11) is -4.35. The maximum atomic E-state index is 13.2. The summed E-state index contributed by atoms with van der Waals surface area (Å²) in [5, 5.41) is 0. The zero-order chi connectivity index (χ0) is 31.7. The van der Waals surface area contributed by atoms with Crippen LogP contribution in [0.15, 0.2) is 12.4 Å². The number of hydrogen-bond acceptors (Lipinski definition) is 6. The molecule has 0 aromatic rings. The Hall–Kier alpha value is -1.98. The zero-order valence-electron chi connectivity index (χ0n) is 18.4. The van der Waals surface area contributed by atoms with E-state index < -0.39 is 78.1 Å². The SMILES string of the molecule is CN1C=CN(CCC(F)(F)C(F)(F)C(F)(F)C(F)(F)F)C1.O=S(=O)([O-])OCC(F)(F)C(F)(F)C(F)(F)C(F)F. The van der Waals surface area contributed by atoms with Gasteiger partial charge < -0.3 is 14.4 Å². The molecule has 1 rings (SSSR count). The molecule has 39 heavy (non-hydrogen) atoms. The Balaban J connectivity index is 0.000000751. The standard InChI is InChI=1S/C10H11F9N2.C5H4F8O4S/c1-20-4-5-21(6-20)3-2-7(11,12)8(13,14)9(15,16)10(17,18)19;6-2(7)4(10,11)5(12,13)3(8,9)1-17-18(14,15)16/h4-5H,2-3,6H2,1H3;2H,1H2,(H,14,15,16)/p-1. The largest absolute Gasteiger partial charge is 0.726 e. The van der Waals surface area contributed by atoms with Crippen molar-refractivity contribution in [2.75, 3.05) is 26.9 Å². The fourth-order valence-electron chi connectivity index (χ4n) is 2.20. The quantitative estimate of drug-likeness (QED) is 0.177. The normalized spacial score (nSPS) is 16.6. The second-order valence-corrected chi connectivity index (χ2v) is 8.54. The Labute approximate surface area is 206 Å². The molecule has 1 aliphatic heterocycles. The predicted octanol–water partition coefficient (Wildman–Crippen LogP) is 5.16. The maximum absolute atomic E-state index is 13.2. The van der Waals surface area contributed by atoms with Gasteiger partial charge in [0.05, 0.1) is 6.67 Å². The van der Waals surface area contributed by atoms with E-state index in [9.17, 15) is 87.6 Å². The van der Waals surface area contributed by atoms with Gasteiger partial charge in [0, 0.05) is 32.4 Å². The molecule has 0 saturated carbocycles. The van der Waals surface area contributed by atoms with Crippen LogP contribution in [0.4, 0.5) is 74.6 Å². The third-order valence-corrected chi connectivity index (χ3v) is 4.80. The molecular weight excluding hydrogens is 627 g/mol. The summed E-state index contributed by atoms with van der Waals surface area (Å²) in [6, 6.07) is 0. The molecule has 0 radical (unpaired) electrons. The first-order chi connectivity index (χ1) is 16.9. The van der Waals surface area contributed by atoms with Gasteiger partial charge in [-0.3, -0.25) is 4.18 Å². The van der Waals surface area contributed by atoms with Crippen LogP contribution >= 0.6 is 0 Å². The highest BCUT2D eigenvalue weighted by Crippen LogP contribution is 2.54. The van der Waals surface area contributed by atoms with Crippen LogP contribution in [0.1, 0.15) is 6.42 Å². The van der Waals surface area contributed by atoms with E-state index in [1.807, 2.05) is 0 Å². The third-order valence-electron chi connectivity index (χ3n) is 4.40. The van der Waals surface area contributed by atoms with E-state index in [2.05, 4.69) is 4.18 Å². The molecule has 0 saturated heterocycles. The van der Waals surface area contributed by atoms with Crippen LogP contribution in [0.25, 0.3) is 0 Å². The fourth-order valence-corrected chi connectivity index (χ4v) is 2.49. The number of halogens is 17. The predicted molar refractivity (Wildman–Crippen MR) is 90.5 cm³/mol. The Morgan fingerprint density at radius 3 is 1.59 bits per heavy atom. The number of nitrogens with zero attached hydrogens (tertiary/aromatic N) is 2. The lowest BCUT2D eigenvalue weighted by molar-refractivity contribution is -0.396. The Bertz CT molecular complexity index is 952. The second kappa shape index (κ2) is 11.5. The van der Waals surface area contributed by atoms with E-state index in [0.29, 0.717) is 0 Å². The van der Waals surface area contributed by atoms with Crippen molar-refractivity contribution in [3.63, 3.8) is 0 Å². The summed E-state index contributed by atoms with van der Waals surface area (Å²) in [4.78, 5) is 2.55. The van der Waals surface area contributed by atoms with Crippen molar-refractivity contribution in [3.05, 3.63) is 12.4 Å². The Morgan fingerprint density at radius 1 is 0.795 bits per heavy atom. The highest BCUT2D eigenvalue weighted by atomic mass is 32.3. The van der Waals surface area contributed by atoms with E-state index in [0.717, 1.165) is 4.90 Å². The van der Waals surface area contributed by atoms with Gasteiger partial charge >= 0.3 is 48.1 Å². The van der Waals surface area contributed by atoms with Crippen LogP contribution in [-0.2, 0) is 14.6 Å². The fraction of sp³-hybridized carbons (Fsp3) is 0.867. The zero-order valence-corrected chi connectivity index (χ0v) is 19.2. The van der Waals surface area contributed by atoms with Gasteiger partial charge in [-0.05, 0) is 0 Å². The molecule has 0 aliphatic carbocycles. The molecular formula is C15H14F17N2O4S-. The van der Waals surface area contributed by atoms with Gasteiger partial charge in [-0.25, -0.2) is 17.2 Å². The first-order valence-electron chi connectivity index (χ1n) is 9.22. The molecule has 234 valence electrons. The third kappa shape index (κ3) is 8.27. The van der Waals surface area contributed by atoms with Gasteiger partial charge in [0.1, 0.15) is 6.61 Å². The molecule has 6 nitrogen and oxygen atoms in total. The molecule has 0 atom stereocenters. The molecule has 0 unspecified atom stereocenters. The molecule has 0 aromatic heterocycles. The van der Waals surface area contributed by atoms with E-state index in [1.165, 1.54) is 24.3 Å². The molecule has 0 fully saturated rings. The molecule has 0 bridgehead atoms. The van der Waals surface area contributed by atoms with Gasteiger partial charge in [0.2, 0.25) is 10.4 Å².